The van der Waals surface area contributed by atoms with Gasteiger partial charge in [0.25, 0.3) is 5.91 Å². The molecule has 1 amide bonds. The van der Waals surface area contributed by atoms with Gasteiger partial charge in [-0.15, -0.1) is 0 Å². The molecule has 1 aromatic rings. The minimum atomic E-state index is -2.73. The first-order valence-electron chi connectivity index (χ1n) is 7.16. The van der Waals surface area contributed by atoms with Crippen LogP contribution in [-0.2, 0) is 15.9 Å². The third-order valence-electron chi connectivity index (χ3n) is 3.82. The molecule has 0 spiro atoms. The monoisotopic (exact) mass is 308 g/mol. The van der Waals surface area contributed by atoms with E-state index in [9.17, 15) is 13.2 Å². The smallest absolute Gasteiger partial charge is 0.266 e. The van der Waals surface area contributed by atoms with E-state index in [1.807, 2.05) is 0 Å². The molecule has 0 unspecified atom stereocenters. The average molecular weight is 308 g/mol. The lowest BCUT2D eigenvalue weighted by molar-refractivity contribution is 0.100. The van der Waals surface area contributed by atoms with Crippen LogP contribution in [0.3, 0.4) is 0 Å². The molecule has 0 aromatic carbocycles. The largest absolute Gasteiger partial charge is 0.319 e. The molecule has 1 aromatic heterocycles. The van der Waals surface area contributed by atoms with Crippen LogP contribution in [0.2, 0.25) is 0 Å². The second kappa shape index (κ2) is 6.05. The van der Waals surface area contributed by atoms with Gasteiger partial charge in [0.05, 0.1) is 11.3 Å². The molecule has 1 fully saturated rings. The number of aromatic nitrogens is 1. The van der Waals surface area contributed by atoms with Gasteiger partial charge in [0.15, 0.2) is 0 Å². The highest BCUT2D eigenvalue weighted by atomic mass is 32.2. The predicted molar refractivity (Wildman–Crippen MR) is 79.8 cm³/mol. The Morgan fingerprint density at radius 3 is 2.38 bits per heavy atom. The Kier molecular flexibility index (Phi) is 4.56. The Morgan fingerprint density at radius 1 is 1.24 bits per heavy atom. The molecule has 1 aliphatic carbocycles. The minimum absolute atomic E-state index is 0.118. The molecule has 114 valence electrons. The maximum atomic E-state index is 12.0. The molecule has 0 saturated heterocycles. The van der Waals surface area contributed by atoms with Gasteiger partial charge in [-0.3, -0.25) is 9.78 Å². The Hall–Kier alpha value is -1.56. The zero-order chi connectivity index (χ0) is 15.6. The Labute approximate surface area is 126 Å². The second-order valence-electron chi connectivity index (χ2n) is 6.47. The van der Waals surface area contributed by atoms with Gasteiger partial charge in [-0.1, -0.05) is 38.0 Å². The standard InChI is InChI=1S/C15H20N2O3S/c1-15(2,3)12-9-8-11(14(18)17-21(19)20)13(16-12)10-6-4-5-7-10/h8-10H,4-7H2,1-3H3. The fourth-order valence-corrected chi connectivity index (χ4v) is 2.93. The SMILES string of the molecule is CC(C)(C)c1ccc(C(=O)N=S(=O)=O)c(C2CCCC2)n1. The number of carbonyl (C=O) groups is 1. The predicted octanol–water partition coefficient (Wildman–Crippen LogP) is 3.24. The molecule has 0 bridgehead atoms. The summed E-state index contributed by atoms with van der Waals surface area (Å²) >= 11 is 0. The summed E-state index contributed by atoms with van der Waals surface area (Å²) in [7, 11) is -2.73. The van der Waals surface area contributed by atoms with Crippen LogP contribution in [0, 0.1) is 0 Å². The number of nitrogens with zero attached hydrogens (tertiary/aromatic N) is 2. The summed E-state index contributed by atoms with van der Waals surface area (Å²) in [5.41, 5.74) is 1.82. The Morgan fingerprint density at radius 2 is 1.86 bits per heavy atom. The van der Waals surface area contributed by atoms with E-state index >= 15 is 0 Å². The summed E-state index contributed by atoms with van der Waals surface area (Å²) in [6.07, 6.45) is 4.21. The molecule has 0 N–H and O–H groups in total. The maximum Gasteiger partial charge on any atom is 0.319 e. The van der Waals surface area contributed by atoms with Gasteiger partial charge in [-0.2, -0.15) is 8.42 Å². The summed E-state index contributed by atoms with van der Waals surface area (Å²) in [6, 6.07) is 3.45. The van der Waals surface area contributed by atoms with Crippen molar-refractivity contribution in [1.82, 2.24) is 4.98 Å². The fraction of sp³-hybridized carbons (Fsp3) is 0.600. The highest BCUT2D eigenvalue weighted by Crippen LogP contribution is 2.36. The Bertz CT molecular complexity index is 673. The van der Waals surface area contributed by atoms with E-state index in [0.29, 0.717) is 11.3 Å². The van der Waals surface area contributed by atoms with Gasteiger partial charge in [-0.05, 0) is 25.0 Å². The number of amides is 1. The van der Waals surface area contributed by atoms with Crippen molar-refractivity contribution in [2.75, 3.05) is 0 Å². The summed E-state index contributed by atoms with van der Waals surface area (Å²) in [5, 5.41) is 0. The average Bonchev–Trinajstić information content (AvgIpc) is 2.89. The summed E-state index contributed by atoms with van der Waals surface area (Å²) in [4.78, 5) is 16.7. The topological polar surface area (TPSA) is 76.5 Å². The van der Waals surface area contributed by atoms with Crippen molar-refractivity contribution in [3.8, 4) is 0 Å². The summed E-state index contributed by atoms with van der Waals surface area (Å²) < 4.78 is 24.4. The molecule has 0 atom stereocenters. The van der Waals surface area contributed by atoms with Gasteiger partial charge in [0.1, 0.15) is 0 Å². The number of carbonyl (C=O) groups excluding carboxylic acids is 1. The molecule has 0 radical (unpaired) electrons. The van der Waals surface area contributed by atoms with E-state index in [4.69, 9.17) is 0 Å². The van der Waals surface area contributed by atoms with Crippen molar-refractivity contribution in [2.45, 2.75) is 57.8 Å². The van der Waals surface area contributed by atoms with Crippen LogP contribution in [0.25, 0.3) is 0 Å². The zero-order valence-electron chi connectivity index (χ0n) is 12.6. The van der Waals surface area contributed by atoms with Gasteiger partial charge < -0.3 is 0 Å². The lowest BCUT2D eigenvalue weighted by Gasteiger charge is -2.21. The molecular weight excluding hydrogens is 288 g/mol. The van der Waals surface area contributed by atoms with Crippen molar-refractivity contribution < 1.29 is 13.2 Å². The van der Waals surface area contributed by atoms with Crippen LogP contribution in [0.15, 0.2) is 16.5 Å². The van der Waals surface area contributed by atoms with Crippen molar-refractivity contribution in [1.29, 1.82) is 0 Å². The molecule has 5 nitrogen and oxygen atoms in total. The fourth-order valence-electron chi connectivity index (χ4n) is 2.70. The van der Waals surface area contributed by atoms with Crippen LogP contribution in [0.4, 0.5) is 0 Å². The molecule has 1 saturated carbocycles. The summed E-state index contributed by atoms with van der Waals surface area (Å²) in [6.45, 7) is 6.19. The summed E-state index contributed by atoms with van der Waals surface area (Å²) in [5.74, 6) is -0.500. The first-order chi connectivity index (χ1) is 9.79. The van der Waals surface area contributed by atoms with Crippen molar-refractivity contribution in [3.63, 3.8) is 0 Å². The van der Waals surface area contributed by atoms with Crippen LogP contribution >= 0.6 is 0 Å². The van der Waals surface area contributed by atoms with Crippen LogP contribution in [0.5, 0.6) is 0 Å². The third-order valence-corrected chi connectivity index (χ3v) is 4.14. The zero-order valence-corrected chi connectivity index (χ0v) is 13.4. The van der Waals surface area contributed by atoms with Crippen LogP contribution in [-0.4, -0.2) is 19.3 Å². The number of hydrogen-bond acceptors (Lipinski definition) is 4. The first kappa shape index (κ1) is 15.8. The first-order valence-corrected chi connectivity index (χ1v) is 8.19. The lowest BCUT2D eigenvalue weighted by atomic mass is 9.89. The van der Waals surface area contributed by atoms with Crippen molar-refractivity contribution in [2.24, 2.45) is 4.36 Å². The minimum Gasteiger partial charge on any atom is -0.266 e. The van der Waals surface area contributed by atoms with E-state index < -0.39 is 16.4 Å². The van der Waals surface area contributed by atoms with Gasteiger partial charge in [-0.25, -0.2) is 0 Å². The maximum absolute atomic E-state index is 12.0. The molecular formula is C15H20N2O3S. The van der Waals surface area contributed by atoms with Crippen molar-refractivity contribution in [3.05, 3.63) is 29.1 Å². The van der Waals surface area contributed by atoms with Gasteiger partial charge >= 0.3 is 10.5 Å². The molecule has 0 aliphatic heterocycles. The molecule has 1 aliphatic rings. The second-order valence-corrected chi connectivity index (χ2v) is 7.09. The van der Waals surface area contributed by atoms with Gasteiger partial charge in [0, 0.05) is 17.0 Å². The van der Waals surface area contributed by atoms with Crippen molar-refractivity contribution >= 4 is 16.4 Å². The number of rotatable bonds is 2. The Balaban J connectivity index is 2.53. The van der Waals surface area contributed by atoms with E-state index in [-0.39, 0.29) is 11.3 Å². The molecule has 2 rings (SSSR count). The normalized spacial score (nSPS) is 16.0. The lowest BCUT2D eigenvalue weighted by Crippen LogP contribution is -2.17. The highest BCUT2D eigenvalue weighted by molar-refractivity contribution is 7.62. The van der Waals surface area contributed by atoms with E-state index in [1.165, 1.54) is 0 Å². The van der Waals surface area contributed by atoms with Crippen LogP contribution < -0.4 is 0 Å². The molecule has 6 heteroatoms. The van der Waals surface area contributed by atoms with E-state index in [0.717, 1.165) is 31.4 Å². The van der Waals surface area contributed by atoms with Gasteiger partial charge in [0.2, 0.25) is 0 Å². The number of pyridine rings is 1. The molecule has 21 heavy (non-hydrogen) atoms. The van der Waals surface area contributed by atoms with Crippen LogP contribution in [0.1, 0.15) is 74.1 Å². The quantitative estimate of drug-likeness (QED) is 0.840. The van der Waals surface area contributed by atoms with E-state index in [2.05, 4.69) is 30.1 Å². The highest BCUT2D eigenvalue weighted by Gasteiger charge is 2.26. The van der Waals surface area contributed by atoms with E-state index in [1.54, 1.807) is 12.1 Å². The third kappa shape index (κ3) is 3.75. The molecule has 1 heterocycles. The number of hydrogen-bond donors (Lipinski definition) is 0.